The Kier molecular flexibility index (Phi) is 8.35. The van der Waals surface area contributed by atoms with Gasteiger partial charge in [0.1, 0.15) is 29.3 Å². The maximum absolute atomic E-state index is 13.2. The number of carbonyl (C=O) groups is 3. The minimum Gasteiger partial charge on any atom is -0.480 e. The summed E-state index contributed by atoms with van der Waals surface area (Å²) >= 11 is 0. The van der Waals surface area contributed by atoms with Crippen LogP contribution in [-0.2, 0) is 14.3 Å². The molecule has 0 spiro atoms. The van der Waals surface area contributed by atoms with E-state index in [1.165, 1.54) is 18.3 Å². The second kappa shape index (κ2) is 10.9. The van der Waals surface area contributed by atoms with E-state index in [0.29, 0.717) is 5.92 Å². The number of ether oxygens (including phenoxy) is 2. The Morgan fingerprint density at radius 2 is 1.83 bits per heavy atom. The van der Waals surface area contributed by atoms with Crippen LogP contribution in [0.15, 0.2) is 18.3 Å². The van der Waals surface area contributed by atoms with Gasteiger partial charge in [-0.1, -0.05) is 19.8 Å². The molecule has 1 saturated carbocycles. The van der Waals surface area contributed by atoms with E-state index in [4.69, 9.17) is 9.47 Å². The SMILES string of the molecule is CC1CCC([C@H](NC(=O)OC(C)(C)C)C(=O)Nc2cc(O[C@H]3C[C@@H](C(F)(F)F)NC3=O)ccn2)CC1. The molecule has 3 atom stereocenters. The lowest BCUT2D eigenvalue weighted by Gasteiger charge is -2.32. The summed E-state index contributed by atoms with van der Waals surface area (Å²) in [5.41, 5.74) is -0.739. The zero-order chi connectivity index (χ0) is 26.7. The van der Waals surface area contributed by atoms with Gasteiger partial charge >= 0.3 is 12.3 Å². The molecule has 1 aromatic rings. The van der Waals surface area contributed by atoms with Crippen LogP contribution in [0.1, 0.15) is 59.8 Å². The van der Waals surface area contributed by atoms with Gasteiger partial charge in [-0.25, -0.2) is 9.78 Å². The third-order valence-electron chi connectivity index (χ3n) is 6.20. The van der Waals surface area contributed by atoms with Crippen LogP contribution in [0.25, 0.3) is 0 Å². The molecule has 1 saturated heterocycles. The summed E-state index contributed by atoms with van der Waals surface area (Å²) in [6, 6.07) is -0.150. The Labute approximate surface area is 207 Å². The predicted molar refractivity (Wildman–Crippen MR) is 124 cm³/mol. The van der Waals surface area contributed by atoms with Gasteiger partial charge < -0.3 is 25.4 Å². The molecule has 2 heterocycles. The lowest BCUT2D eigenvalue weighted by Crippen LogP contribution is -2.50. The number of anilines is 1. The van der Waals surface area contributed by atoms with E-state index in [-0.39, 0.29) is 17.5 Å². The number of aromatic nitrogens is 1. The third-order valence-corrected chi connectivity index (χ3v) is 6.20. The molecule has 3 rings (SSSR count). The van der Waals surface area contributed by atoms with Crippen molar-refractivity contribution >= 4 is 23.7 Å². The van der Waals surface area contributed by atoms with Crippen molar-refractivity contribution in [3.05, 3.63) is 18.3 Å². The van der Waals surface area contributed by atoms with Crippen molar-refractivity contribution in [2.45, 2.75) is 89.8 Å². The number of pyridine rings is 1. The summed E-state index contributed by atoms with van der Waals surface area (Å²) in [5.74, 6) is -0.787. The van der Waals surface area contributed by atoms with Crippen molar-refractivity contribution in [3.63, 3.8) is 0 Å². The molecule has 1 aliphatic carbocycles. The molecule has 9 nitrogen and oxygen atoms in total. The molecule has 3 amide bonds. The normalized spacial score (nSPS) is 25.5. The molecule has 0 radical (unpaired) electrons. The van der Waals surface area contributed by atoms with E-state index in [1.807, 2.05) is 5.32 Å². The Bertz CT molecular complexity index is 958. The van der Waals surface area contributed by atoms with E-state index in [9.17, 15) is 27.6 Å². The predicted octanol–water partition coefficient (Wildman–Crippen LogP) is 3.94. The van der Waals surface area contributed by atoms with Gasteiger partial charge in [-0.3, -0.25) is 9.59 Å². The minimum absolute atomic E-state index is 0.0726. The molecule has 200 valence electrons. The first-order chi connectivity index (χ1) is 16.7. The van der Waals surface area contributed by atoms with Gasteiger partial charge in [-0.2, -0.15) is 13.2 Å². The lowest BCUT2D eigenvalue weighted by molar-refractivity contribution is -0.155. The summed E-state index contributed by atoms with van der Waals surface area (Å²) in [4.78, 5) is 41.6. The van der Waals surface area contributed by atoms with Crippen LogP contribution in [-0.4, -0.2) is 52.9 Å². The molecule has 0 aromatic carbocycles. The summed E-state index contributed by atoms with van der Waals surface area (Å²) in [7, 11) is 0. The Balaban J connectivity index is 1.69. The number of hydrogen-bond acceptors (Lipinski definition) is 6. The number of alkyl halides is 3. The number of halogens is 3. The Hall–Kier alpha value is -3.05. The van der Waals surface area contributed by atoms with Crippen LogP contribution in [0.3, 0.4) is 0 Å². The second-order valence-electron chi connectivity index (χ2n) is 10.5. The molecule has 36 heavy (non-hydrogen) atoms. The van der Waals surface area contributed by atoms with Crippen LogP contribution in [0, 0.1) is 11.8 Å². The molecule has 2 aliphatic rings. The highest BCUT2D eigenvalue weighted by Crippen LogP contribution is 2.32. The number of rotatable bonds is 6. The van der Waals surface area contributed by atoms with E-state index in [0.717, 1.165) is 25.7 Å². The third kappa shape index (κ3) is 7.72. The van der Waals surface area contributed by atoms with Crippen LogP contribution < -0.4 is 20.7 Å². The fourth-order valence-electron chi connectivity index (χ4n) is 4.33. The first-order valence-corrected chi connectivity index (χ1v) is 12.0. The number of nitrogens with one attached hydrogen (secondary N) is 3. The van der Waals surface area contributed by atoms with Gasteiger partial charge in [0.2, 0.25) is 5.91 Å². The highest BCUT2D eigenvalue weighted by Gasteiger charge is 2.48. The van der Waals surface area contributed by atoms with E-state index < -0.39 is 54.3 Å². The molecule has 12 heteroatoms. The van der Waals surface area contributed by atoms with Crippen molar-refractivity contribution < 1.29 is 37.0 Å². The topological polar surface area (TPSA) is 119 Å². The highest BCUT2D eigenvalue weighted by molar-refractivity contribution is 5.96. The first-order valence-electron chi connectivity index (χ1n) is 12.0. The minimum atomic E-state index is -4.57. The molecular formula is C24H33F3N4O5. The van der Waals surface area contributed by atoms with Crippen LogP contribution in [0.4, 0.5) is 23.8 Å². The van der Waals surface area contributed by atoms with Gasteiger partial charge in [0, 0.05) is 18.7 Å². The average molecular weight is 515 g/mol. The monoisotopic (exact) mass is 514 g/mol. The van der Waals surface area contributed by atoms with Crippen molar-refractivity contribution in [2.75, 3.05) is 5.32 Å². The van der Waals surface area contributed by atoms with Crippen LogP contribution in [0.2, 0.25) is 0 Å². The number of alkyl carbamates (subject to hydrolysis) is 1. The second-order valence-corrected chi connectivity index (χ2v) is 10.5. The van der Waals surface area contributed by atoms with Crippen molar-refractivity contribution in [2.24, 2.45) is 11.8 Å². The summed E-state index contributed by atoms with van der Waals surface area (Å²) in [6.07, 6.45) is -2.51. The van der Waals surface area contributed by atoms with Crippen molar-refractivity contribution in [1.29, 1.82) is 0 Å². The largest absolute Gasteiger partial charge is 0.480 e. The standard InChI is InChI=1S/C24H33F3N4O5/c1-13-5-7-14(8-6-13)19(31-22(34)36-23(2,3)4)21(33)30-18-11-15(9-10-28-18)35-16-12-17(24(25,26)27)29-20(16)32/h9-11,13-14,16-17,19H,5-8,12H2,1-4H3,(H,29,32)(H,31,34)(H,28,30,33)/t13?,14?,16-,17-,19-/m0/s1. The van der Waals surface area contributed by atoms with E-state index >= 15 is 0 Å². The molecular weight excluding hydrogens is 481 g/mol. The summed E-state index contributed by atoms with van der Waals surface area (Å²) < 4.78 is 49.5. The molecule has 3 N–H and O–H groups in total. The molecule has 2 fully saturated rings. The maximum Gasteiger partial charge on any atom is 0.408 e. The smallest absolute Gasteiger partial charge is 0.408 e. The molecule has 1 aromatic heterocycles. The Morgan fingerprint density at radius 1 is 1.17 bits per heavy atom. The molecule has 0 bridgehead atoms. The van der Waals surface area contributed by atoms with Gasteiger partial charge in [-0.15, -0.1) is 0 Å². The number of nitrogens with zero attached hydrogens (tertiary/aromatic N) is 1. The molecule has 1 aliphatic heterocycles. The van der Waals surface area contributed by atoms with E-state index in [2.05, 4.69) is 22.5 Å². The van der Waals surface area contributed by atoms with Gasteiger partial charge in [0.25, 0.3) is 5.91 Å². The molecule has 0 unspecified atom stereocenters. The van der Waals surface area contributed by atoms with Gasteiger partial charge in [0.05, 0.1) is 0 Å². The number of amides is 3. The fraction of sp³-hybridized carbons (Fsp3) is 0.667. The van der Waals surface area contributed by atoms with Crippen molar-refractivity contribution in [3.8, 4) is 5.75 Å². The van der Waals surface area contributed by atoms with Crippen LogP contribution >= 0.6 is 0 Å². The summed E-state index contributed by atoms with van der Waals surface area (Å²) in [6.45, 7) is 7.31. The first kappa shape index (κ1) is 27.5. The van der Waals surface area contributed by atoms with Crippen molar-refractivity contribution in [1.82, 2.24) is 15.6 Å². The van der Waals surface area contributed by atoms with Gasteiger partial charge in [0.15, 0.2) is 6.10 Å². The zero-order valence-corrected chi connectivity index (χ0v) is 20.8. The van der Waals surface area contributed by atoms with Crippen LogP contribution in [0.5, 0.6) is 5.75 Å². The average Bonchev–Trinajstić information content (AvgIpc) is 3.12. The summed E-state index contributed by atoms with van der Waals surface area (Å²) in [5, 5.41) is 7.21. The fourth-order valence-corrected chi connectivity index (χ4v) is 4.33. The quantitative estimate of drug-likeness (QED) is 0.529. The zero-order valence-electron chi connectivity index (χ0n) is 20.8. The lowest BCUT2D eigenvalue weighted by atomic mass is 9.79. The van der Waals surface area contributed by atoms with Gasteiger partial charge in [-0.05, 0) is 51.5 Å². The highest BCUT2D eigenvalue weighted by atomic mass is 19.4. The number of carbonyl (C=O) groups excluding carboxylic acids is 3. The maximum atomic E-state index is 13.2. The number of hydrogen-bond donors (Lipinski definition) is 3. The Morgan fingerprint density at radius 3 is 2.42 bits per heavy atom. The van der Waals surface area contributed by atoms with E-state index in [1.54, 1.807) is 20.8 Å².